The van der Waals surface area contributed by atoms with Crippen molar-refractivity contribution in [3.63, 3.8) is 0 Å². The van der Waals surface area contributed by atoms with E-state index < -0.39 is 0 Å². The molecule has 1 aliphatic rings. The molecule has 0 unspecified atom stereocenters. The van der Waals surface area contributed by atoms with Gasteiger partial charge in [0.15, 0.2) is 0 Å². The van der Waals surface area contributed by atoms with E-state index >= 15 is 0 Å². The first-order valence-electron chi connectivity index (χ1n) is 6.04. The Hall–Kier alpha value is -1.61. The van der Waals surface area contributed by atoms with Gasteiger partial charge in [-0.1, -0.05) is 17.7 Å². The number of nitrogens with one attached hydrogen (secondary N) is 1. The third-order valence-corrected chi connectivity index (χ3v) is 3.17. The monoisotopic (exact) mass is 228 g/mol. The highest BCUT2D eigenvalue weighted by Gasteiger charge is 2.19. The molecular weight excluding hydrogens is 212 g/mol. The minimum Gasteiger partial charge on any atom is -0.441 e. The predicted molar refractivity (Wildman–Crippen MR) is 66.7 cm³/mol. The van der Waals surface area contributed by atoms with Gasteiger partial charge in [0.25, 0.3) is 0 Å². The molecule has 0 saturated carbocycles. The maximum atomic E-state index is 5.79. The molecule has 0 bridgehead atoms. The molecule has 1 aromatic heterocycles. The fourth-order valence-corrected chi connectivity index (χ4v) is 2.09. The first-order valence-corrected chi connectivity index (χ1v) is 6.04. The molecule has 3 heteroatoms. The van der Waals surface area contributed by atoms with Crippen molar-refractivity contribution in [2.45, 2.75) is 13.3 Å². The topological polar surface area (TPSA) is 38.1 Å². The number of aryl methyl sites for hydroxylation is 1. The highest BCUT2D eigenvalue weighted by Crippen LogP contribution is 2.22. The van der Waals surface area contributed by atoms with E-state index in [9.17, 15) is 0 Å². The molecule has 3 rings (SSSR count). The lowest BCUT2D eigenvalue weighted by atomic mass is 9.98. The van der Waals surface area contributed by atoms with Gasteiger partial charge in [-0.15, -0.1) is 0 Å². The zero-order chi connectivity index (χ0) is 11.7. The number of nitrogens with zero attached hydrogens (tertiary/aromatic N) is 1. The Morgan fingerprint density at radius 1 is 1.41 bits per heavy atom. The molecule has 0 amide bonds. The summed E-state index contributed by atoms with van der Waals surface area (Å²) < 4.78 is 5.79. The van der Waals surface area contributed by atoms with E-state index in [-0.39, 0.29) is 0 Å². The highest BCUT2D eigenvalue weighted by molar-refractivity contribution is 5.54. The van der Waals surface area contributed by atoms with Crippen LogP contribution in [0, 0.1) is 12.8 Å². The zero-order valence-corrected chi connectivity index (χ0v) is 9.94. The number of aromatic nitrogens is 1. The molecular formula is C14H16N2O. The Morgan fingerprint density at radius 3 is 3.00 bits per heavy atom. The van der Waals surface area contributed by atoms with Crippen molar-refractivity contribution >= 4 is 0 Å². The first kappa shape index (κ1) is 10.5. The minimum atomic E-state index is 0.716. The average Bonchev–Trinajstić information content (AvgIpc) is 2.72. The second-order valence-electron chi connectivity index (χ2n) is 4.73. The van der Waals surface area contributed by atoms with Gasteiger partial charge in [0.2, 0.25) is 5.89 Å². The van der Waals surface area contributed by atoms with E-state index in [1.54, 1.807) is 0 Å². The summed E-state index contributed by atoms with van der Waals surface area (Å²) in [6.07, 6.45) is 2.85. The quantitative estimate of drug-likeness (QED) is 0.876. The van der Waals surface area contributed by atoms with Crippen LogP contribution in [0.2, 0.25) is 0 Å². The van der Waals surface area contributed by atoms with Crippen LogP contribution in [0.4, 0.5) is 0 Å². The maximum absolute atomic E-state index is 5.79. The standard InChI is InChI=1S/C14H16N2O/c1-10-3-2-4-12(5-10)14-16-9-13(17-14)6-11-7-15-8-11/h2-5,9,11,15H,6-8H2,1H3. The van der Waals surface area contributed by atoms with E-state index in [1.807, 2.05) is 18.3 Å². The Bertz CT molecular complexity index is 514. The molecule has 1 N–H and O–H groups in total. The summed E-state index contributed by atoms with van der Waals surface area (Å²) in [6, 6.07) is 8.24. The van der Waals surface area contributed by atoms with Gasteiger partial charge >= 0.3 is 0 Å². The van der Waals surface area contributed by atoms with Crippen molar-refractivity contribution in [3.05, 3.63) is 41.8 Å². The van der Waals surface area contributed by atoms with E-state index in [1.165, 1.54) is 5.56 Å². The fourth-order valence-electron chi connectivity index (χ4n) is 2.09. The van der Waals surface area contributed by atoms with Crippen molar-refractivity contribution in [3.8, 4) is 11.5 Å². The van der Waals surface area contributed by atoms with Gasteiger partial charge in [0.1, 0.15) is 5.76 Å². The lowest BCUT2D eigenvalue weighted by Crippen LogP contribution is -2.42. The lowest BCUT2D eigenvalue weighted by Gasteiger charge is -2.25. The van der Waals surface area contributed by atoms with E-state index in [0.717, 1.165) is 36.7 Å². The van der Waals surface area contributed by atoms with Gasteiger partial charge < -0.3 is 9.73 Å². The molecule has 88 valence electrons. The normalized spacial score (nSPS) is 15.8. The van der Waals surface area contributed by atoms with Crippen LogP contribution in [0.1, 0.15) is 11.3 Å². The van der Waals surface area contributed by atoms with Gasteiger partial charge in [-0.3, -0.25) is 0 Å². The lowest BCUT2D eigenvalue weighted by molar-refractivity contribution is 0.324. The summed E-state index contributed by atoms with van der Waals surface area (Å²) in [5, 5.41) is 3.27. The molecule has 2 heterocycles. The molecule has 3 nitrogen and oxygen atoms in total. The number of benzene rings is 1. The first-order chi connectivity index (χ1) is 8.31. The van der Waals surface area contributed by atoms with Crippen molar-refractivity contribution in [2.75, 3.05) is 13.1 Å². The summed E-state index contributed by atoms with van der Waals surface area (Å²) in [6.45, 7) is 4.27. The van der Waals surface area contributed by atoms with Crippen LogP contribution in [0.5, 0.6) is 0 Å². The Labute approximate surface area is 101 Å². The van der Waals surface area contributed by atoms with Gasteiger partial charge in [-0.2, -0.15) is 0 Å². The van der Waals surface area contributed by atoms with Crippen LogP contribution < -0.4 is 5.32 Å². The van der Waals surface area contributed by atoms with Crippen LogP contribution in [-0.2, 0) is 6.42 Å². The predicted octanol–water partition coefficient (Wildman–Crippen LogP) is 2.41. The third-order valence-electron chi connectivity index (χ3n) is 3.17. The van der Waals surface area contributed by atoms with Gasteiger partial charge in [-0.05, 0) is 38.1 Å². The SMILES string of the molecule is Cc1cccc(-c2ncc(CC3CNC3)o2)c1. The van der Waals surface area contributed by atoms with Gasteiger partial charge in [-0.25, -0.2) is 4.98 Å². The molecule has 2 aromatic rings. The summed E-state index contributed by atoms with van der Waals surface area (Å²) >= 11 is 0. The molecule has 0 spiro atoms. The van der Waals surface area contributed by atoms with Crippen LogP contribution in [0.25, 0.3) is 11.5 Å². The Morgan fingerprint density at radius 2 is 2.29 bits per heavy atom. The smallest absolute Gasteiger partial charge is 0.226 e. The molecule has 17 heavy (non-hydrogen) atoms. The molecule has 1 aromatic carbocycles. The second kappa shape index (κ2) is 4.34. The summed E-state index contributed by atoms with van der Waals surface area (Å²) in [4.78, 5) is 4.35. The second-order valence-corrected chi connectivity index (χ2v) is 4.73. The van der Waals surface area contributed by atoms with Crippen LogP contribution in [0.3, 0.4) is 0 Å². The molecule has 1 saturated heterocycles. The van der Waals surface area contributed by atoms with Crippen molar-refractivity contribution < 1.29 is 4.42 Å². The maximum Gasteiger partial charge on any atom is 0.226 e. The van der Waals surface area contributed by atoms with Crippen LogP contribution in [0.15, 0.2) is 34.9 Å². The largest absolute Gasteiger partial charge is 0.441 e. The van der Waals surface area contributed by atoms with E-state index in [0.29, 0.717) is 5.92 Å². The number of hydrogen-bond donors (Lipinski definition) is 1. The van der Waals surface area contributed by atoms with Crippen molar-refractivity contribution in [1.29, 1.82) is 0 Å². The Balaban J connectivity index is 1.79. The zero-order valence-electron chi connectivity index (χ0n) is 9.94. The molecule has 0 aliphatic carbocycles. The fraction of sp³-hybridized carbons (Fsp3) is 0.357. The molecule has 0 atom stereocenters. The molecule has 0 radical (unpaired) electrons. The minimum absolute atomic E-state index is 0.716. The van der Waals surface area contributed by atoms with Crippen LogP contribution >= 0.6 is 0 Å². The van der Waals surface area contributed by atoms with Crippen LogP contribution in [-0.4, -0.2) is 18.1 Å². The van der Waals surface area contributed by atoms with Gasteiger partial charge in [0.05, 0.1) is 6.20 Å². The number of rotatable bonds is 3. The molecule has 1 fully saturated rings. The van der Waals surface area contributed by atoms with Crippen molar-refractivity contribution in [2.24, 2.45) is 5.92 Å². The molecule has 1 aliphatic heterocycles. The van der Waals surface area contributed by atoms with E-state index in [2.05, 4.69) is 29.4 Å². The van der Waals surface area contributed by atoms with Crippen molar-refractivity contribution in [1.82, 2.24) is 10.3 Å². The third kappa shape index (κ3) is 2.24. The average molecular weight is 228 g/mol. The van der Waals surface area contributed by atoms with Gasteiger partial charge in [0, 0.05) is 12.0 Å². The summed E-state index contributed by atoms with van der Waals surface area (Å²) in [7, 11) is 0. The number of oxazole rings is 1. The summed E-state index contributed by atoms with van der Waals surface area (Å²) in [5.74, 6) is 2.44. The summed E-state index contributed by atoms with van der Waals surface area (Å²) in [5.41, 5.74) is 2.29. The number of hydrogen-bond acceptors (Lipinski definition) is 3. The Kier molecular flexibility index (Phi) is 2.69. The van der Waals surface area contributed by atoms with E-state index in [4.69, 9.17) is 4.42 Å². The highest BCUT2D eigenvalue weighted by atomic mass is 16.4.